The molecule has 6 nitrogen and oxygen atoms in total. The van der Waals surface area contributed by atoms with E-state index < -0.39 is 0 Å². The van der Waals surface area contributed by atoms with E-state index in [0.717, 1.165) is 0 Å². The van der Waals surface area contributed by atoms with Crippen molar-refractivity contribution in [1.29, 1.82) is 0 Å². The average Bonchev–Trinajstić information content (AvgIpc) is 2.20. The van der Waals surface area contributed by atoms with Crippen molar-refractivity contribution < 1.29 is 26.7 Å². The summed E-state index contributed by atoms with van der Waals surface area (Å²) in [6.45, 7) is 0.222. The van der Waals surface area contributed by atoms with E-state index in [9.17, 15) is 0 Å². The van der Waals surface area contributed by atoms with Crippen LogP contribution in [0.5, 0.6) is 0 Å². The van der Waals surface area contributed by atoms with Gasteiger partial charge in [-0.2, -0.15) is 10.3 Å². The Kier molecular flexibility index (Phi) is 130. The summed E-state index contributed by atoms with van der Waals surface area (Å²) in [6.07, 6.45) is 0. The first-order chi connectivity index (χ1) is 6.66. The smallest absolute Gasteiger partial charge is 0.753 e. The number of thiocarbonyl (C=S) groups is 2. The number of nitrogens with one attached hydrogen (secondary N) is 2. The molecule has 0 rings (SSSR count). The van der Waals surface area contributed by atoms with E-state index in [2.05, 4.69) is 24.4 Å². The van der Waals surface area contributed by atoms with Crippen LogP contribution in [0.15, 0.2) is 0 Å². The van der Waals surface area contributed by atoms with Gasteiger partial charge in [0.25, 0.3) is 0 Å². The number of aliphatic hydroxyl groups excluding tert-OH is 2. The Morgan fingerprint density at radius 3 is 1.00 bits per heavy atom. The van der Waals surface area contributed by atoms with Crippen LogP contribution in [-0.4, -0.2) is 46.8 Å². The van der Waals surface area contributed by atoms with E-state index in [0.29, 0.717) is 0 Å². The van der Waals surface area contributed by atoms with Gasteiger partial charge in [0.2, 0.25) is 0 Å². The zero-order chi connectivity index (χ0) is 12.2. The van der Waals surface area contributed by atoms with E-state index in [1.54, 1.807) is 0 Å². The predicted molar refractivity (Wildman–Crippen MR) is 64.5 cm³/mol. The van der Waals surface area contributed by atoms with Gasteiger partial charge in [0.1, 0.15) is 0 Å². The molecule has 0 bridgehead atoms. The normalized spacial score (nSPS) is 5.07. The van der Waals surface area contributed by atoms with Gasteiger partial charge in [-0.25, -0.2) is 0 Å². The van der Waals surface area contributed by atoms with E-state index in [1.165, 1.54) is 10.3 Å². The van der Waals surface area contributed by atoms with Gasteiger partial charge in [-0.1, -0.05) is 24.4 Å². The summed E-state index contributed by atoms with van der Waals surface area (Å²) in [4.78, 5) is 0. The molecule has 0 aliphatic carbocycles. The van der Waals surface area contributed by atoms with Crippen LogP contribution in [0.2, 0.25) is 0 Å². The molecule has 0 saturated carbocycles. The van der Waals surface area contributed by atoms with Gasteiger partial charge < -0.3 is 32.5 Å². The van der Waals surface area contributed by atoms with Crippen LogP contribution in [-0.2, 0) is 16.5 Å². The maximum Gasteiger partial charge on any atom is 2.00 e. The zero-order valence-electron chi connectivity index (χ0n) is 7.75. The van der Waals surface area contributed by atoms with Crippen LogP contribution in [0.3, 0.4) is 0 Å². The Morgan fingerprint density at radius 1 is 0.933 bits per heavy atom. The Labute approximate surface area is 110 Å². The van der Waals surface area contributed by atoms with Crippen LogP contribution in [0.4, 0.5) is 0 Å². The summed E-state index contributed by atoms with van der Waals surface area (Å²) in [5, 5.41) is 32.3. The first-order valence-corrected chi connectivity index (χ1v) is 4.01. The maximum atomic E-state index is 7.69. The van der Waals surface area contributed by atoms with Gasteiger partial charge in [0.15, 0.2) is 0 Å². The molecule has 0 heterocycles. The summed E-state index contributed by atoms with van der Waals surface area (Å²) in [6, 6.07) is 0. The van der Waals surface area contributed by atoms with Crippen molar-refractivity contribution in [3.05, 3.63) is 22.3 Å². The molecule has 9 heteroatoms. The first kappa shape index (κ1) is 29.4. The monoisotopic (exact) mass is 294 g/mol. The SMILES string of the molecule is [N-]=C=S.[N-]=C=S.[NH-]CCO.[NH-]CCO.[Ni+2]. The number of aliphatic hydroxyl groups is 2. The fourth-order valence-corrected chi connectivity index (χ4v) is 0. The van der Waals surface area contributed by atoms with Crippen LogP contribution < -0.4 is 0 Å². The summed E-state index contributed by atoms with van der Waals surface area (Å²) in [7, 11) is 0. The molecule has 0 aromatic rings. The molecule has 0 atom stereocenters. The van der Waals surface area contributed by atoms with Gasteiger partial charge >= 0.3 is 16.5 Å². The fraction of sp³-hybridized carbons (Fsp3) is 0.667. The third-order valence-corrected chi connectivity index (χ3v) is 0.224. The molecule has 0 aliphatic rings. The van der Waals surface area contributed by atoms with Crippen molar-refractivity contribution >= 4 is 34.8 Å². The minimum Gasteiger partial charge on any atom is -0.753 e. The van der Waals surface area contributed by atoms with Crippen LogP contribution in [0.25, 0.3) is 22.3 Å². The van der Waals surface area contributed by atoms with E-state index in [1.807, 2.05) is 0 Å². The molecule has 0 aliphatic heterocycles. The van der Waals surface area contributed by atoms with E-state index in [4.69, 9.17) is 32.5 Å². The van der Waals surface area contributed by atoms with Crippen LogP contribution in [0.1, 0.15) is 0 Å². The Morgan fingerprint density at radius 2 is 1.00 bits per heavy atom. The standard InChI is InChI=1S/2C2H6NO.2CNS.Ni/c2*3-1-2-4;2*2-1-3;/h2*3-4H,1-2H2;;;/q4*-1;+2. The molecule has 15 heavy (non-hydrogen) atoms. The molecule has 0 aromatic heterocycles. The maximum absolute atomic E-state index is 7.69. The molecule has 0 fully saturated rings. The van der Waals surface area contributed by atoms with Crippen LogP contribution in [0, 0.1) is 0 Å². The van der Waals surface area contributed by atoms with Gasteiger partial charge in [0.05, 0.1) is 0 Å². The van der Waals surface area contributed by atoms with Crippen molar-refractivity contribution in [2.45, 2.75) is 0 Å². The second-order valence-electron chi connectivity index (χ2n) is 1.13. The zero-order valence-corrected chi connectivity index (χ0v) is 10.4. The molecule has 0 saturated heterocycles. The molecule has 0 amide bonds. The molecule has 0 aromatic carbocycles. The van der Waals surface area contributed by atoms with Gasteiger partial charge in [-0.15, -0.1) is 13.1 Å². The Hall–Kier alpha value is -0.0665. The summed E-state index contributed by atoms with van der Waals surface area (Å²) < 4.78 is 0. The minimum absolute atomic E-state index is 0. The number of isothiocyanates is 2. The van der Waals surface area contributed by atoms with E-state index >= 15 is 0 Å². The van der Waals surface area contributed by atoms with Gasteiger partial charge in [-0.05, 0) is 0 Å². The predicted octanol–water partition coefficient (Wildman–Crippen LogP) is 1.38. The van der Waals surface area contributed by atoms with Crippen LogP contribution >= 0.6 is 24.4 Å². The summed E-state index contributed by atoms with van der Waals surface area (Å²) >= 11 is 7.40. The van der Waals surface area contributed by atoms with Crippen molar-refractivity contribution in [3.8, 4) is 0 Å². The van der Waals surface area contributed by atoms with Crippen molar-refractivity contribution in [2.75, 3.05) is 26.3 Å². The first-order valence-electron chi connectivity index (χ1n) is 3.20. The van der Waals surface area contributed by atoms with Gasteiger partial charge in [0, 0.05) is 13.2 Å². The summed E-state index contributed by atoms with van der Waals surface area (Å²) in [5.41, 5.74) is 12.4. The number of rotatable bonds is 2. The molecular formula is C6H12N4NiO2S2-2. The van der Waals surface area contributed by atoms with Gasteiger partial charge in [-0.3, -0.25) is 0 Å². The molecular weight excluding hydrogens is 283 g/mol. The number of hydrogen-bond acceptors (Lipinski definition) is 4. The number of hydrogen-bond donors (Lipinski definition) is 2. The summed E-state index contributed by atoms with van der Waals surface area (Å²) in [5.74, 6) is 0. The molecule has 0 unspecified atom stereocenters. The molecule has 0 radical (unpaired) electrons. The largest absolute Gasteiger partial charge is 2.00 e. The third kappa shape index (κ3) is 531. The Balaban J connectivity index is -0.0000000293. The number of nitrogens with zero attached hydrogens (tertiary/aromatic N) is 2. The molecule has 92 valence electrons. The Bertz CT molecular complexity index is 119. The second kappa shape index (κ2) is 66.2. The fourth-order valence-electron chi connectivity index (χ4n) is 0. The molecule has 4 N–H and O–H groups in total. The van der Waals surface area contributed by atoms with Crippen molar-refractivity contribution in [1.82, 2.24) is 0 Å². The topological polar surface area (TPSA) is 133 Å². The quantitative estimate of drug-likeness (QED) is 0.452. The van der Waals surface area contributed by atoms with Crippen molar-refractivity contribution in [2.24, 2.45) is 0 Å². The third-order valence-electron chi connectivity index (χ3n) is 0.224. The van der Waals surface area contributed by atoms with E-state index in [-0.39, 0.29) is 42.8 Å². The van der Waals surface area contributed by atoms with Crippen molar-refractivity contribution in [3.63, 3.8) is 0 Å². The minimum atomic E-state index is -0.0139. The second-order valence-corrected chi connectivity index (χ2v) is 1.49. The molecule has 0 spiro atoms. The average molecular weight is 295 g/mol.